The summed E-state index contributed by atoms with van der Waals surface area (Å²) in [5.74, 6) is 0.434. The second kappa shape index (κ2) is 5.42. The highest BCUT2D eigenvalue weighted by Gasteiger charge is 2.34. The van der Waals surface area contributed by atoms with Crippen molar-refractivity contribution in [2.24, 2.45) is 5.92 Å². The molecule has 1 aromatic heterocycles. The van der Waals surface area contributed by atoms with Crippen molar-refractivity contribution < 1.29 is 9.53 Å². The zero-order valence-electron chi connectivity index (χ0n) is 11.3. The Labute approximate surface area is 108 Å². The van der Waals surface area contributed by atoms with E-state index in [9.17, 15) is 4.79 Å². The van der Waals surface area contributed by atoms with E-state index in [0.717, 1.165) is 25.1 Å². The lowest BCUT2D eigenvalue weighted by Gasteiger charge is -2.24. The van der Waals surface area contributed by atoms with E-state index < -0.39 is 0 Å². The smallest absolute Gasteiger partial charge is 0.410 e. The van der Waals surface area contributed by atoms with Crippen molar-refractivity contribution in [3.8, 4) is 0 Å². The molecule has 0 unspecified atom stereocenters. The number of hydrogen-bond acceptors (Lipinski definition) is 3. The molecule has 18 heavy (non-hydrogen) atoms. The number of ether oxygens (including phenoxy) is 1. The number of cyclic esters (lactones) is 1. The number of hydrogen-bond donors (Lipinski definition) is 0. The van der Waals surface area contributed by atoms with Crippen LogP contribution in [0.3, 0.4) is 0 Å². The molecule has 0 N–H and O–H groups in total. The van der Waals surface area contributed by atoms with Gasteiger partial charge in [-0.2, -0.15) is 5.10 Å². The fourth-order valence-electron chi connectivity index (χ4n) is 2.27. The first kappa shape index (κ1) is 12.9. The van der Waals surface area contributed by atoms with Gasteiger partial charge in [0.15, 0.2) is 0 Å². The maximum atomic E-state index is 11.6. The molecule has 1 aliphatic heterocycles. The second-order valence-electron chi connectivity index (χ2n) is 5.22. The molecule has 1 fully saturated rings. The van der Waals surface area contributed by atoms with Crippen LogP contribution in [0.15, 0.2) is 12.4 Å². The van der Waals surface area contributed by atoms with Crippen molar-refractivity contribution >= 4 is 6.09 Å². The number of carbonyl (C=O) groups is 1. The minimum atomic E-state index is -0.176. The topological polar surface area (TPSA) is 47.4 Å². The summed E-state index contributed by atoms with van der Waals surface area (Å²) in [7, 11) is 0. The van der Waals surface area contributed by atoms with Crippen LogP contribution in [0, 0.1) is 12.8 Å². The van der Waals surface area contributed by atoms with Crippen LogP contribution in [0.5, 0.6) is 0 Å². The van der Waals surface area contributed by atoms with E-state index in [-0.39, 0.29) is 12.1 Å². The molecule has 1 amide bonds. The highest BCUT2D eigenvalue weighted by Crippen LogP contribution is 2.19. The van der Waals surface area contributed by atoms with Crippen molar-refractivity contribution in [3.05, 3.63) is 18.0 Å². The molecule has 0 saturated carbocycles. The monoisotopic (exact) mass is 251 g/mol. The van der Waals surface area contributed by atoms with Gasteiger partial charge in [-0.15, -0.1) is 0 Å². The summed E-state index contributed by atoms with van der Waals surface area (Å²) in [5.41, 5.74) is 1.16. The quantitative estimate of drug-likeness (QED) is 0.804. The minimum Gasteiger partial charge on any atom is -0.447 e. The van der Waals surface area contributed by atoms with Crippen LogP contribution in [-0.2, 0) is 11.3 Å². The Hall–Kier alpha value is -1.52. The molecule has 0 spiro atoms. The highest BCUT2D eigenvalue weighted by atomic mass is 16.6. The third-order valence-electron chi connectivity index (χ3n) is 3.33. The first-order chi connectivity index (χ1) is 8.58. The molecule has 1 aromatic rings. The Morgan fingerprint density at radius 2 is 2.28 bits per heavy atom. The van der Waals surface area contributed by atoms with Crippen LogP contribution >= 0.6 is 0 Å². The zero-order valence-corrected chi connectivity index (χ0v) is 11.3. The van der Waals surface area contributed by atoms with Gasteiger partial charge in [0.05, 0.1) is 12.2 Å². The van der Waals surface area contributed by atoms with Gasteiger partial charge in [-0.25, -0.2) is 4.79 Å². The van der Waals surface area contributed by atoms with E-state index in [2.05, 4.69) is 18.9 Å². The van der Waals surface area contributed by atoms with E-state index in [1.165, 1.54) is 0 Å². The highest BCUT2D eigenvalue weighted by molar-refractivity contribution is 5.70. The SMILES string of the molecule is Cc1cnn(CCCN2C(=O)OC[C@@H]2C(C)C)c1. The molecule has 0 aromatic carbocycles. The Balaban J connectivity index is 1.83. The van der Waals surface area contributed by atoms with Crippen molar-refractivity contribution in [1.29, 1.82) is 0 Å². The summed E-state index contributed by atoms with van der Waals surface area (Å²) >= 11 is 0. The lowest BCUT2D eigenvalue weighted by molar-refractivity contribution is 0.155. The average Bonchev–Trinajstić information content (AvgIpc) is 2.87. The van der Waals surface area contributed by atoms with Crippen LogP contribution in [0.25, 0.3) is 0 Å². The van der Waals surface area contributed by atoms with Crippen LogP contribution in [-0.4, -0.2) is 40.0 Å². The van der Waals surface area contributed by atoms with Gasteiger partial charge in [0.1, 0.15) is 6.61 Å². The molecular formula is C13H21N3O2. The van der Waals surface area contributed by atoms with Crippen molar-refractivity contribution in [3.63, 3.8) is 0 Å². The lowest BCUT2D eigenvalue weighted by Crippen LogP contribution is -2.38. The van der Waals surface area contributed by atoms with E-state index in [4.69, 9.17) is 4.74 Å². The first-order valence-corrected chi connectivity index (χ1v) is 6.50. The molecule has 2 rings (SSSR count). The molecule has 5 nitrogen and oxygen atoms in total. The largest absolute Gasteiger partial charge is 0.447 e. The zero-order chi connectivity index (χ0) is 13.1. The summed E-state index contributed by atoms with van der Waals surface area (Å²) in [5, 5.41) is 4.24. The molecule has 1 aliphatic rings. The predicted octanol–water partition coefficient (Wildman–Crippen LogP) is 2.06. The van der Waals surface area contributed by atoms with Crippen LogP contribution < -0.4 is 0 Å². The Morgan fingerprint density at radius 1 is 1.50 bits per heavy atom. The Kier molecular flexibility index (Phi) is 3.89. The Bertz CT molecular complexity index is 414. The van der Waals surface area contributed by atoms with Crippen molar-refractivity contribution in [1.82, 2.24) is 14.7 Å². The van der Waals surface area contributed by atoms with Gasteiger partial charge in [-0.3, -0.25) is 4.68 Å². The molecule has 1 saturated heterocycles. The van der Waals surface area contributed by atoms with Gasteiger partial charge in [-0.1, -0.05) is 13.8 Å². The average molecular weight is 251 g/mol. The van der Waals surface area contributed by atoms with Gasteiger partial charge in [0.2, 0.25) is 0 Å². The minimum absolute atomic E-state index is 0.176. The number of nitrogens with zero attached hydrogens (tertiary/aromatic N) is 3. The molecule has 2 heterocycles. The summed E-state index contributed by atoms with van der Waals surface area (Å²) in [6, 6.07) is 0.219. The number of rotatable bonds is 5. The number of amides is 1. The lowest BCUT2D eigenvalue weighted by atomic mass is 10.0. The van der Waals surface area contributed by atoms with Crippen molar-refractivity contribution in [2.75, 3.05) is 13.2 Å². The first-order valence-electron chi connectivity index (χ1n) is 6.50. The van der Waals surface area contributed by atoms with Gasteiger partial charge in [0.25, 0.3) is 0 Å². The van der Waals surface area contributed by atoms with Crippen LogP contribution in [0.1, 0.15) is 25.8 Å². The van der Waals surface area contributed by atoms with E-state index in [1.54, 1.807) is 0 Å². The molecule has 0 bridgehead atoms. The van der Waals surface area contributed by atoms with E-state index in [1.807, 2.05) is 28.9 Å². The maximum absolute atomic E-state index is 11.6. The molecule has 0 aliphatic carbocycles. The summed E-state index contributed by atoms with van der Waals surface area (Å²) in [6.45, 7) is 8.36. The third-order valence-corrected chi connectivity index (χ3v) is 3.33. The second-order valence-corrected chi connectivity index (χ2v) is 5.22. The Morgan fingerprint density at radius 3 is 2.89 bits per heavy atom. The number of carbonyl (C=O) groups excluding carboxylic acids is 1. The van der Waals surface area contributed by atoms with E-state index >= 15 is 0 Å². The number of aromatic nitrogens is 2. The maximum Gasteiger partial charge on any atom is 0.410 e. The van der Waals surface area contributed by atoms with Crippen LogP contribution in [0.4, 0.5) is 4.79 Å². The fraction of sp³-hybridized carbons (Fsp3) is 0.692. The van der Waals surface area contributed by atoms with E-state index in [0.29, 0.717) is 12.5 Å². The normalized spacial score (nSPS) is 19.7. The van der Waals surface area contributed by atoms with Crippen LogP contribution in [0.2, 0.25) is 0 Å². The number of aryl methyl sites for hydroxylation is 2. The predicted molar refractivity (Wildman–Crippen MR) is 68.3 cm³/mol. The molecule has 5 heteroatoms. The van der Waals surface area contributed by atoms with Gasteiger partial charge in [0, 0.05) is 19.3 Å². The van der Waals surface area contributed by atoms with Gasteiger partial charge < -0.3 is 9.64 Å². The standard InChI is InChI=1S/C13H21N3O2/c1-10(2)12-9-18-13(17)16(12)6-4-5-15-8-11(3)7-14-15/h7-8,10,12H,4-6,9H2,1-3H3/t12-/m1/s1. The molecule has 1 atom stereocenters. The third kappa shape index (κ3) is 2.83. The fourth-order valence-corrected chi connectivity index (χ4v) is 2.27. The molecule has 0 radical (unpaired) electrons. The molecule has 100 valence electrons. The molecular weight excluding hydrogens is 230 g/mol. The van der Waals surface area contributed by atoms with Gasteiger partial charge >= 0.3 is 6.09 Å². The van der Waals surface area contributed by atoms with Gasteiger partial charge in [-0.05, 0) is 24.8 Å². The summed E-state index contributed by atoms with van der Waals surface area (Å²) in [6.07, 6.45) is 4.59. The summed E-state index contributed by atoms with van der Waals surface area (Å²) in [4.78, 5) is 13.5. The van der Waals surface area contributed by atoms with Crippen molar-refractivity contribution in [2.45, 2.75) is 39.8 Å². The summed E-state index contributed by atoms with van der Waals surface area (Å²) < 4.78 is 7.03.